The van der Waals surface area contributed by atoms with Crippen LogP contribution in [0.25, 0.3) is 10.9 Å². The lowest BCUT2D eigenvalue weighted by molar-refractivity contribution is -0.130. The molecular weight excluding hydrogens is 349 g/mol. The maximum absolute atomic E-state index is 13.5. The number of aromatic nitrogens is 2. The van der Waals surface area contributed by atoms with Gasteiger partial charge in [-0.15, -0.1) is 0 Å². The number of carbonyl (C=O) groups is 1. The van der Waals surface area contributed by atoms with E-state index in [4.69, 9.17) is 4.74 Å². The number of hydrogen-bond donors (Lipinski definition) is 1. The Labute approximate surface area is 155 Å². The van der Waals surface area contributed by atoms with Crippen molar-refractivity contribution >= 4 is 16.8 Å². The minimum Gasteiger partial charge on any atom is -0.489 e. The molecule has 0 bridgehead atoms. The SMILES string of the molecule is CN(CCOc1ccccc1F)C(=O)CCc1nc2ccccc2c(=O)[nH]1. The molecule has 0 aliphatic carbocycles. The van der Waals surface area contributed by atoms with E-state index in [1.54, 1.807) is 43.4 Å². The quantitative estimate of drug-likeness (QED) is 0.694. The van der Waals surface area contributed by atoms with Crippen LogP contribution in [0, 0.1) is 5.82 Å². The van der Waals surface area contributed by atoms with Gasteiger partial charge in [0.05, 0.1) is 17.4 Å². The lowest BCUT2D eigenvalue weighted by atomic mass is 10.2. The van der Waals surface area contributed by atoms with Crippen LogP contribution in [0.5, 0.6) is 5.75 Å². The number of aryl methyl sites for hydroxylation is 1. The molecule has 0 unspecified atom stereocenters. The lowest BCUT2D eigenvalue weighted by Gasteiger charge is -2.17. The van der Waals surface area contributed by atoms with Gasteiger partial charge in [-0.05, 0) is 24.3 Å². The number of nitrogens with zero attached hydrogens (tertiary/aromatic N) is 2. The van der Waals surface area contributed by atoms with Crippen molar-refractivity contribution < 1.29 is 13.9 Å². The Morgan fingerprint density at radius 3 is 2.74 bits per heavy atom. The van der Waals surface area contributed by atoms with Crippen molar-refractivity contribution in [2.75, 3.05) is 20.2 Å². The maximum atomic E-state index is 13.5. The first-order valence-electron chi connectivity index (χ1n) is 8.64. The average Bonchev–Trinajstić information content (AvgIpc) is 2.67. The summed E-state index contributed by atoms with van der Waals surface area (Å²) in [4.78, 5) is 32.9. The Morgan fingerprint density at radius 2 is 1.93 bits per heavy atom. The van der Waals surface area contributed by atoms with E-state index in [2.05, 4.69) is 9.97 Å². The predicted octanol–water partition coefficient (Wildman–Crippen LogP) is 2.53. The van der Waals surface area contributed by atoms with Crippen LogP contribution in [0.4, 0.5) is 4.39 Å². The number of halogens is 1. The molecule has 7 heteroatoms. The van der Waals surface area contributed by atoms with Crippen molar-refractivity contribution in [2.45, 2.75) is 12.8 Å². The van der Waals surface area contributed by atoms with Crippen LogP contribution in [0.3, 0.4) is 0 Å². The summed E-state index contributed by atoms with van der Waals surface area (Å²) in [5, 5.41) is 0.523. The molecule has 6 nitrogen and oxygen atoms in total. The average molecular weight is 369 g/mol. The highest BCUT2D eigenvalue weighted by Crippen LogP contribution is 2.15. The minimum atomic E-state index is -0.433. The normalized spacial score (nSPS) is 10.7. The van der Waals surface area contributed by atoms with E-state index in [9.17, 15) is 14.0 Å². The second kappa shape index (κ2) is 8.44. The second-order valence-electron chi connectivity index (χ2n) is 6.12. The Balaban J connectivity index is 1.51. The third-order valence-electron chi connectivity index (χ3n) is 4.18. The van der Waals surface area contributed by atoms with E-state index in [1.165, 1.54) is 11.0 Å². The number of para-hydroxylation sites is 2. The molecule has 3 rings (SSSR count). The van der Waals surface area contributed by atoms with Gasteiger partial charge in [0, 0.05) is 19.9 Å². The van der Waals surface area contributed by atoms with Crippen LogP contribution in [0.1, 0.15) is 12.2 Å². The second-order valence-corrected chi connectivity index (χ2v) is 6.12. The van der Waals surface area contributed by atoms with Crippen molar-refractivity contribution in [3.8, 4) is 5.75 Å². The standard InChI is InChI=1S/C20H20FN3O3/c1-24(12-13-27-17-9-5-3-7-15(17)21)19(25)11-10-18-22-16-8-4-2-6-14(16)20(26)23-18/h2-9H,10-13H2,1H3,(H,22,23,26). The Hall–Kier alpha value is -3.22. The molecule has 3 aromatic rings. The first-order valence-corrected chi connectivity index (χ1v) is 8.64. The van der Waals surface area contributed by atoms with Gasteiger partial charge in [-0.1, -0.05) is 24.3 Å². The van der Waals surface area contributed by atoms with Gasteiger partial charge in [0.1, 0.15) is 12.4 Å². The van der Waals surface area contributed by atoms with Crippen molar-refractivity contribution in [3.63, 3.8) is 0 Å². The molecule has 0 atom stereocenters. The molecule has 1 aromatic heterocycles. The van der Waals surface area contributed by atoms with Gasteiger partial charge in [0.2, 0.25) is 5.91 Å². The van der Waals surface area contributed by atoms with Crippen LogP contribution in [-0.4, -0.2) is 41.0 Å². The molecule has 0 aliphatic rings. The molecule has 140 valence electrons. The number of aromatic amines is 1. The lowest BCUT2D eigenvalue weighted by Crippen LogP contribution is -2.31. The van der Waals surface area contributed by atoms with Gasteiger partial charge in [-0.3, -0.25) is 9.59 Å². The van der Waals surface area contributed by atoms with Gasteiger partial charge >= 0.3 is 0 Å². The van der Waals surface area contributed by atoms with E-state index in [1.807, 2.05) is 6.07 Å². The molecule has 1 amide bonds. The van der Waals surface area contributed by atoms with Crippen molar-refractivity contribution in [3.05, 3.63) is 70.5 Å². The molecule has 0 radical (unpaired) electrons. The molecule has 2 aromatic carbocycles. The molecule has 0 spiro atoms. The zero-order valence-electron chi connectivity index (χ0n) is 14.9. The van der Waals surface area contributed by atoms with E-state index in [0.29, 0.717) is 29.7 Å². The summed E-state index contributed by atoms with van der Waals surface area (Å²) in [6.07, 6.45) is 0.537. The largest absolute Gasteiger partial charge is 0.489 e. The van der Waals surface area contributed by atoms with Crippen molar-refractivity contribution in [1.82, 2.24) is 14.9 Å². The molecule has 0 fully saturated rings. The van der Waals surface area contributed by atoms with E-state index >= 15 is 0 Å². The molecule has 1 heterocycles. The molecular formula is C20H20FN3O3. The number of nitrogens with one attached hydrogen (secondary N) is 1. The summed E-state index contributed by atoms with van der Waals surface area (Å²) in [6, 6.07) is 13.2. The van der Waals surface area contributed by atoms with Gasteiger partial charge in [-0.2, -0.15) is 0 Å². The van der Waals surface area contributed by atoms with E-state index < -0.39 is 5.82 Å². The highest BCUT2D eigenvalue weighted by Gasteiger charge is 2.11. The van der Waals surface area contributed by atoms with Crippen LogP contribution in [-0.2, 0) is 11.2 Å². The summed E-state index contributed by atoms with van der Waals surface area (Å²) in [5.74, 6) is 0.0973. The minimum absolute atomic E-state index is 0.108. The highest BCUT2D eigenvalue weighted by molar-refractivity contribution is 5.78. The zero-order valence-corrected chi connectivity index (χ0v) is 14.9. The van der Waals surface area contributed by atoms with E-state index in [-0.39, 0.29) is 30.2 Å². The fraction of sp³-hybridized carbons (Fsp3) is 0.250. The monoisotopic (exact) mass is 369 g/mol. The number of H-pyrrole nitrogens is 1. The van der Waals surface area contributed by atoms with Crippen LogP contribution < -0.4 is 10.3 Å². The maximum Gasteiger partial charge on any atom is 0.258 e. The van der Waals surface area contributed by atoms with Crippen molar-refractivity contribution in [1.29, 1.82) is 0 Å². The number of rotatable bonds is 7. The summed E-state index contributed by atoms with van der Waals surface area (Å²) >= 11 is 0. The predicted molar refractivity (Wildman–Crippen MR) is 100 cm³/mol. The van der Waals surface area contributed by atoms with Crippen molar-refractivity contribution in [2.24, 2.45) is 0 Å². The molecule has 1 N–H and O–H groups in total. The summed E-state index contributed by atoms with van der Waals surface area (Å²) in [6.45, 7) is 0.517. The zero-order chi connectivity index (χ0) is 19.2. The van der Waals surface area contributed by atoms with Crippen LogP contribution in [0.15, 0.2) is 53.3 Å². The third kappa shape index (κ3) is 4.69. The van der Waals surface area contributed by atoms with Gasteiger partial charge in [0.25, 0.3) is 5.56 Å². The third-order valence-corrected chi connectivity index (χ3v) is 4.18. The van der Waals surface area contributed by atoms with Crippen LogP contribution in [0.2, 0.25) is 0 Å². The molecule has 0 saturated carbocycles. The Bertz CT molecular complexity index is 1000. The number of amides is 1. The first-order chi connectivity index (χ1) is 13.0. The molecule has 0 saturated heterocycles. The number of likely N-dealkylation sites (N-methyl/N-ethyl adjacent to an activating group) is 1. The Morgan fingerprint density at radius 1 is 1.19 bits per heavy atom. The number of ether oxygens (including phenoxy) is 1. The summed E-state index contributed by atoms with van der Waals surface area (Å²) < 4.78 is 18.8. The fourth-order valence-corrected chi connectivity index (χ4v) is 2.65. The number of carbonyl (C=O) groups excluding carboxylic acids is 1. The van der Waals surface area contributed by atoms with Gasteiger partial charge in [0.15, 0.2) is 11.6 Å². The molecule has 0 aliphatic heterocycles. The number of fused-ring (bicyclic) bond motifs is 1. The number of benzene rings is 2. The summed E-state index contributed by atoms with van der Waals surface area (Å²) in [7, 11) is 1.66. The first kappa shape index (κ1) is 18.6. The number of hydrogen-bond acceptors (Lipinski definition) is 4. The highest BCUT2D eigenvalue weighted by atomic mass is 19.1. The smallest absolute Gasteiger partial charge is 0.258 e. The van der Waals surface area contributed by atoms with Gasteiger partial charge in [-0.25, -0.2) is 9.37 Å². The van der Waals surface area contributed by atoms with E-state index in [0.717, 1.165) is 0 Å². The Kier molecular flexibility index (Phi) is 5.80. The van der Waals surface area contributed by atoms with Crippen LogP contribution >= 0.6 is 0 Å². The van der Waals surface area contributed by atoms with Gasteiger partial charge < -0.3 is 14.6 Å². The fourth-order valence-electron chi connectivity index (χ4n) is 2.65. The molecule has 27 heavy (non-hydrogen) atoms. The topological polar surface area (TPSA) is 75.3 Å². The summed E-state index contributed by atoms with van der Waals surface area (Å²) in [5.41, 5.74) is 0.394.